The van der Waals surface area contributed by atoms with Crippen molar-refractivity contribution in [2.45, 2.75) is 6.18 Å². The maximum Gasteiger partial charge on any atom is 0.453 e. The zero-order chi connectivity index (χ0) is 14.5. The molecule has 0 amide bonds. The van der Waals surface area contributed by atoms with Crippen LogP contribution in [0.2, 0.25) is 5.02 Å². The van der Waals surface area contributed by atoms with E-state index in [0.717, 1.165) is 14.9 Å². The van der Waals surface area contributed by atoms with Crippen molar-refractivity contribution < 1.29 is 13.2 Å². The van der Waals surface area contributed by atoms with Gasteiger partial charge in [0.1, 0.15) is 5.01 Å². The van der Waals surface area contributed by atoms with Crippen LogP contribution < -0.4 is 0 Å². The van der Waals surface area contributed by atoms with E-state index in [1.165, 1.54) is 0 Å². The van der Waals surface area contributed by atoms with E-state index in [2.05, 4.69) is 37.9 Å². The van der Waals surface area contributed by atoms with Crippen molar-refractivity contribution in [3.63, 3.8) is 0 Å². The summed E-state index contributed by atoms with van der Waals surface area (Å²) in [6.45, 7) is 0. The molecule has 3 rings (SSSR count). The van der Waals surface area contributed by atoms with E-state index in [-0.39, 0.29) is 4.96 Å². The third kappa shape index (κ3) is 2.37. The third-order valence-corrected chi connectivity index (χ3v) is 4.34. The van der Waals surface area contributed by atoms with Crippen LogP contribution in [0.15, 0.2) is 18.2 Å². The average Bonchev–Trinajstić information content (AvgIpc) is 2.89. The highest BCUT2D eigenvalue weighted by Gasteiger charge is 2.38. The van der Waals surface area contributed by atoms with Gasteiger partial charge in [0, 0.05) is 9.13 Å². The van der Waals surface area contributed by atoms with Crippen molar-refractivity contribution >= 4 is 50.5 Å². The molecule has 0 unspecified atom stereocenters. The van der Waals surface area contributed by atoms with Gasteiger partial charge in [0.25, 0.3) is 5.82 Å². The second kappa shape index (κ2) is 4.81. The van der Waals surface area contributed by atoms with Crippen molar-refractivity contribution in [1.29, 1.82) is 0 Å². The van der Waals surface area contributed by atoms with Gasteiger partial charge in [-0.05, 0) is 40.8 Å². The fraction of sp³-hybridized carbons (Fsp3) is 0.100. The molecule has 0 aliphatic rings. The molecule has 10 heteroatoms. The highest BCUT2D eigenvalue weighted by atomic mass is 127. The van der Waals surface area contributed by atoms with E-state index in [0.29, 0.717) is 20.1 Å². The second-order valence-corrected chi connectivity index (χ2v) is 6.36. The lowest BCUT2D eigenvalue weighted by molar-refractivity contribution is -0.146. The number of hydrogen-bond donors (Lipinski definition) is 0. The van der Waals surface area contributed by atoms with Gasteiger partial charge < -0.3 is 0 Å². The molecule has 2 aromatic heterocycles. The smallest absolute Gasteiger partial charge is 0.178 e. The first kappa shape index (κ1) is 14.0. The predicted molar refractivity (Wildman–Crippen MR) is 76.8 cm³/mol. The summed E-state index contributed by atoms with van der Waals surface area (Å²) in [5.41, 5.74) is 0.571. The molecule has 20 heavy (non-hydrogen) atoms. The Balaban J connectivity index is 2.19. The van der Waals surface area contributed by atoms with Crippen molar-refractivity contribution in [1.82, 2.24) is 19.8 Å². The van der Waals surface area contributed by atoms with Gasteiger partial charge in [-0.15, -0.1) is 10.2 Å². The van der Waals surface area contributed by atoms with Crippen LogP contribution in [-0.4, -0.2) is 19.8 Å². The van der Waals surface area contributed by atoms with Gasteiger partial charge >= 0.3 is 6.18 Å². The van der Waals surface area contributed by atoms with Crippen LogP contribution in [-0.2, 0) is 6.18 Å². The van der Waals surface area contributed by atoms with Gasteiger partial charge in [0.05, 0.1) is 5.02 Å². The molecule has 4 nitrogen and oxygen atoms in total. The van der Waals surface area contributed by atoms with Crippen LogP contribution in [0.1, 0.15) is 5.82 Å². The Hall–Kier alpha value is -0.940. The monoisotopic (exact) mass is 430 g/mol. The van der Waals surface area contributed by atoms with E-state index in [4.69, 9.17) is 11.6 Å². The minimum atomic E-state index is -4.60. The normalized spacial score (nSPS) is 12.2. The van der Waals surface area contributed by atoms with Gasteiger partial charge in [-0.2, -0.15) is 22.8 Å². The quantitative estimate of drug-likeness (QED) is 0.545. The van der Waals surface area contributed by atoms with E-state index < -0.39 is 12.0 Å². The summed E-state index contributed by atoms with van der Waals surface area (Å²) in [7, 11) is 0. The molecule has 0 N–H and O–H groups in total. The number of aromatic nitrogens is 4. The lowest BCUT2D eigenvalue weighted by atomic mass is 10.2. The van der Waals surface area contributed by atoms with Gasteiger partial charge in [0.2, 0.25) is 4.96 Å². The molecule has 0 fully saturated rings. The van der Waals surface area contributed by atoms with E-state index in [9.17, 15) is 13.2 Å². The largest absolute Gasteiger partial charge is 0.453 e. The van der Waals surface area contributed by atoms with Crippen LogP contribution in [0.4, 0.5) is 13.2 Å². The maximum atomic E-state index is 12.7. The molecule has 3 aromatic rings. The highest BCUT2D eigenvalue weighted by molar-refractivity contribution is 14.1. The molecule has 0 saturated carbocycles. The van der Waals surface area contributed by atoms with Crippen LogP contribution >= 0.6 is 45.5 Å². The molecule has 1 aromatic carbocycles. The standard InChI is InChI=1S/C10H3ClF3IN4S/c11-6-2-1-4(15)3-5(6)7-18-19-8(10(12,13)14)16-17-9(19)20-7/h1-3H. The van der Waals surface area contributed by atoms with Crippen molar-refractivity contribution in [3.8, 4) is 10.6 Å². The van der Waals surface area contributed by atoms with Gasteiger partial charge in [-0.1, -0.05) is 22.9 Å². The molecular weight excluding hydrogens is 428 g/mol. The Labute approximate surface area is 132 Å². The Kier molecular flexibility index (Phi) is 3.37. The molecular formula is C10H3ClF3IN4S. The predicted octanol–water partition coefficient (Wildman–Crippen LogP) is 4.13. The van der Waals surface area contributed by atoms with Crippen molar-refractivity contribution in [3.05, 3.63) is 32.6 Å². The van der Waals surface area contributed by atoms with Crippen LogP contribution in [0.5, 0.6) is 0 Å². The Bertz CT molecular complexity index is 797. The Morgan fingerprint density at radius 1 is 1.25 bits per heavy atom. The van der Waals surface area contributed by atoms with E-state index in [1.807, 2.05) is 0 Å². The minimum absolute atomic E-state index is 0.0715. The zero-order valence-corrected chi connectivity index (χ0v) is 13.0. The molecule has 0 bridgehead atoms. The SMILES string of the molecule is FC(F)(F)c1nnc2sc(-c3cc(I)ccc3Cl)nn12. The van der Waals surface area contributed by atoms with Gasteiger partial charge in [0.15, 0.2) is 0 Å². The molecule has 0 saturated heterocycles. The van der Waals surface area contributed by atoms with Crippen LogP contribution in [0.25, 0.3) is 15.5 Å². The second-order valence-electron chi connectivity index (χ2n) is 3.75. The first-order chi connectivity index (χ1) is 9.36. The van der Waals surface area contributed by atoms with Crippen LogP contribution in [0, 0.1) is 3.57 Å². The summed E-state index contributed by atoms with van der Waals surface area (Å²) < 4.78 is 39.8. The summed E-state index contributed by atoms with van der Waals surface area (Å²) >= 11 is 9.14. The van der Waals surface area contributed by atoms with Crippen molar-refractivity contribution in [2.75, 3.05) is 0 Å². The fourth-order valence-electron chi connectivity index (χ4n) is 1.56. The number of benzene rings is 1. The van der Waals surface area contributed by atoms with Gasteiger partial charge in [-0.3, -0.25) is 0 Å². The maximum absolute atomic E-state index is 12.7. The van der Waals surface area contributed by atoms with Crippen LogP contribution in [0.3, 0.4) is 0 Å². The molecule has 2 heterocycles. The molecule has 0 aliphatic heterocycles. The molecule has 0 aliphatic carbocycles. The number of hydrogen-bond acceptors (Lipinski definition) is 4. The average molecular weight is 431 g/mol. The fourth-order valence-corrected chi connectivity index (χ4v) is 3.19. The summed E-state index contributed by atoms with van der Waals surface area (Å²) in [4.78, 5) is 0.0715. The van der Waals surface area contributed by atoms with E-state index in [1.54, 1.807) is 18.2 Å². The Morgan fingerprint density at radius 3 is 2.70 bits per heavy atom. The summed E-state index contributed by atoms with van der Waals surface area (Å²) in [6, 6.07) is 5.22. The number of fused-ring (bicyclic) bond motifs is 1. The molecule has 0 atom stereocenters. The topological polar surface area (TPSA) is 43.1 Å². The lowest BCUT2D eigenvalue weighted by Crippen LogP contribution is -2.11. The van der Waals surface area contributed by atoms with Crippen molar-refractivity contribution in [2.24, 2.45) is 0 Å². The first-order valence-electron chi connectivity index (χ1n) is 5.11. The van der Waals surface area contributed by atoms with Gasteiger partial charge in [-0.25, -0.2) is 0 Å². The summed E-state index contributed by atoms with van der Waals surface area (Å²) in [5.74, 6) is -1.14. The number of halogens is 5. The zero-order valence-electron chi connectivity index (χ0n) is 9.32. The number of rotatable bonds is 1. The number of alkyl halides is 3. The molecule has 104 valence electrons. The third-order valence-electron chi connectivity index (χ3n) is 2.40. The first-order valence-corrected chi connectivity index (χ1v) is 7.38. The minimum Gasteiger partial charge on any atom is -0.178 e. The number of nitrogens with zero attached hydrogens (tertiary/aromatic N) is 4. The molecule has 0 spiro atoms. The Morgan fingerprint density at radius 2 is 2.00 bits per heavy atom. The van der Waals surface area contributed by atoms with E-state index >= 15 is 0 Å². The highest BCUT2D eigenvalue weighted by Crippen LogP contribution is 2.34. The summed E-state index contributed by atoms with van der Waals surface area (Å²) in [6.07, 6.45) is -4.60. The lowest BCUT2D eigenvalue weighted by Gasteiger charge is -2.01. The summed E-state index contributed by atoms with van der Waals surface area (Å²) in [5, 5.41) is 11.3. The molecule has 0 radical (unpaired) electrons.